The van der Waals surface area contributed by atoms with Crippen LogP contribution in [0.4, 0.5) is 0 Å². The molecule has 0 radical (unpaired) electrons. The summed E-state index contributed by atoms with van der Waals surface area (Å²) in [4.78, 5) is 22.4. The lowest BCUT2D eigenvalue weighted by atomic mass is 10.0. The molecule has 8 nitrogen and oxygen atoms in total. The summed E-state index contributed by atoms with van der Waals surface area (Å²) < 4.78 is 33.1. The molecule has 284 valence electrons. The van der Waals surface area contributed by atoms with Crippen LogP contribution in [0, 0.1) is 0 Å². The van der Waals surface area contributed by atoms with Gasteiger partial charge < -0.3 is 20.1 Å². The zero-order chi connectivity index (χ0) is 35.2. The van der Waals surface area contributed by atoms with Crippen molar-refractivity contribution in [1.29, 1.82) is 0 Å². The van der Waals surface area contributed by atoms with Crippen molar-refractivity contribution < 1.29 is 32.8 Å². The first kappa shape index (κ1) is 46.8. The third kappa shape index (κ3) is 36.1. The van der Waals surface area contributed by atoms with E-state index in [1.165, 1.54) is 128 Å². The zero-order valence-corrected chi connectivity index (χ0v) is 32.1. The van der Waals surface area contributed by atoms with E-state index in [0.717, 1.165) is 38.5 Å². The van der Waals surface area contributed by atoms with Crippen molar-refractivity contribution in [2.75, 3.05) is 26.4 Å². The molecule has 2 unspecified atom stereocenters. The number of nitrogens with two attached hydrogens (primary N) is 1. The maximum absolute atomic E-state index is 12.5. The van der Waals surface area contributed by atoms with Gasteiger partial charge in [-0.05, 0) is 51.0 Å². The third-order valence-electron chi connectivity index (χ3n) is 8.44. The van der Waals surface area contributed by atoms with E-state index in [2.05, 4.69) is 26.0 Å². The van der Waals surface area contributed by atoms with E-state index in [0.29, 0.717) is 6.42 Å². The molecule has 0 fully saturated rings. The van der Waals surface area contributed by atoms with E-state index in [9.17, 15) is 14.3 Å². The number of esters is 1. The molecule has 0 rings (SSSR count). The van der Waals surface area contributed by atoms with Gasteiger partial charge >= 0.3 is 13.8 Å². The van der Waals surface area contributed by atoms with Crippen LogP contribution in [0.5, 0.6) is 0 Å². The summed E-state index contributed by atoms with van der Waals surface area (Å²) in [6, 6.07) is 0. The van der Waals surface area contributed by atoms with Crippen LogP contribution in [-0.4, -0.2) is 43.3 Å². The van der Waals surface area contributed by atoms with E-state index in [1.54, 1.807) is 6.26 Å². The van der Waals surface area contributed by atoms with E-state index >= 15 is 0 Å². The molecule has 2 atom stereocenters. The predicted molar refractivity (Wildman–Crippen MR) is 201 cm³/mol. The van der Waals surface area contributed by atoms with Gasteiger partial charge in [0.15, 0.2) is 6.10 Å². The number of hydrogen-bond donors (Lipinski definition) is 2. The minimum atomic E-state index is -4.28. The summed E-state index contributed by atoms with van der Waals surface area (Å²) in [6.45, 7) is 4.23. The first-order valence-electron chi connectivity index (χ1n) is 19.9. The first-order chi connectivity index (χ1) is 23.4. The van der Waals surface area contributed by atoms with Gasteiger partial charge in [-0.2, -0.15) is 0 Å². The molecule has 0 aliphatic heterocycles. The van der Waals surface area contributed by atoms with Gasteiger partial charge in [-0.15, -0.1) is 0 Å². The monoisotopic (exact) mass is 702 g/mol. The second-order valence-electron chi connectivity index (χ2n) is 13.2. The van der Waals surface area contributed by atoms with Gasteiger partial charge in [-0.1, -0.05) is 148 Å². The number of phosphoric ester groups is 1. The van der Waals surface area contributed by atoms with Crippen molar-refractivity contribution >= 4 is 13.8 Å². The topological polar surface area (TPSA) is 117 Å². The molecule has 0 aromatic heterocycles. The molecule has 9 heteroatoms. The highest BCUT2D eigenvalue weighted by Gasteiger charge is 2.25. The van der Waals surface area contributed by atoms with Crippen molar-refractivity contribution in [3.05, 3.63) is 24.5 Å². The van der Waals surface area contributed by atoms with E-state index < -0.39 is 13.9 Å². The van der Waals surface area contributed by atoms with Crippen molar-refractivity contribution in [1.82, 2.24) is 0 Å². The maximum atomic E-state index is 12.5. The summed E-state index contributed by atoms with van der Waals surface area (Å²) in [5.41, 5.74) is 5.35. The Balaban J connectivity index is 4.13. The van der Waals surface area contributed by atoms with Crippen molar-refractivity contribution in [3.8, 4) is 0 Å². The molecular formula is C39H76NO7P. The second-order valence-corrected chi connectivity index (χ2v) is 14.7. The molecule has 0 aliphatic rings. The molecular weight excluding hydrogens is 625 g/mol. The molecule has 3 N–H and O–H groups in total. The average Bonchev–Trinajstić information content (AvgIpc) is 3.07. The fraction of sp³-hybridized carbons (Fsp3) is 0.872. The molecule has 0 aromatic rings. The minimum Gasteiger partial charge on any atom is -0.498 e. The third-order valence-corrected chi connectivity index (χ3v) is 9.42. The first-order valence-corrected chi connectivity index (χ1v) is 21.4. The highest BCUT2D eigenvalue weighted by atomic mass is 31.2. The van der Waals surface area contributed by atoms with Gasteiger partial charge in [0, 0.05) is 13.0 Å². The highest BCUT2D eigenvalue weighted by Crippen LogP contribution is 2.43. The lowest BCUT2D eigenvalue weighted by Crippen LogP contribution is -2.27. The standard InChI is InChI=1S/C39H76NO7P/c1-3-5-7-9-11-13-15-17-18-19-21-23-25-27-29-31-34-44-36-38(37-46-48(42,43)45-35-33-40)47-39(41)32-30-28-26-24-22-20-16-14-12-10-8-6-4-2/h17-18,31,34,38H,3-16,19-30,32-33,35-37,40H2,1-2H3,(H,42,43). The predicted octanol–water partition coefficient (Wildman–Crippen LogP) is 11.6. The SMILES string of the molecule is CCCCCCCCC=CCCCCCCC=COCC(COP(=O)(O)OCCN)OC(=O)CCCCCCCCCCCCCCC. The maximum Gasteiger partial charge on any atom is 0.472 e. The molecule has 0 saturated heterocycles. The molecule has 0 aromatic carbocycles. The molecule has 48 heavy (non-hydrogen) atoms. The second kappa shape index (κ2) is 37.1. The summed E-state index contributed by atoms with van der Waals surface area (Å²) in [6.07, 6.45) is 39.9. The number of phosphoric acid groups is 1. The van der Waals surface area contributed by atoms with Crippen LogP contribution in [0.2, 0.25) is 0 Å². The van der Waals surface area contributed by atoms with Gasteiger partial charge in [-0.3, -0.25) is 13.8 Å². The van der Waals surface area contributed by atoms with Crippen molar-refractivity contribution in [2.24, 2.45) is 5.73 Å². The summed E-state index contributed by atoms with van der Waals surface area (Å²) in [7, 11) is -4.28. The van der Waals surface area contributed by atoms with Crippen molar-refractivity contribution in [3.63, 3.8) is 0 Å². The smallest absolute Gasteiger partial charge is 0.472 e. The van der Waals surface area contributed by atoms with E-state index in [4.69, 9.17) is 24.3 Å². The van der Waals surface area contributed by atoms with Crippen LogP contribution in [0.3, 0.4) is 0 Å². The minimum absolute atomic E-state index is 0.0306. The summed E-state index contributed by atoms with van der Waals surface area (Å²) in [5.74, 6) is -0.354. The molecule has 0 spiro atoms. The lowest BCUT2D eigenvalue weighted by molar-refractivity contribution is -0.153. The number of rotatable bonds is 38. The van der Waals surface area contributed by atoms with Gasteiger partial charge in [0.25, 0.3) is 0 Å². The average molecular weight is 702 g/mol. The molecule has 0 amide bonds. The molecule has 0 aliphatic carbocycles. The van der Waals surface area contributed by atoms with Crippen LogP contribution in [0.1, 0.15) is 187 Å². The zero-order valence-electron chi connectivity index (χ0n) is 31.2. The lowest BCUT2D eigenvalue weighted by Gasteiger charge is -2.19. The Labute approximate surface area is 296 Å². The van der Waals surface area contributed by atoms with Crippen LogP contribution in [-0.2, 0) is 27.9 Å². The van der Waals surface area contributed by atoms with Gasteiger partial charge in [0.2, 0.25) is 0 Å². The number of unbranched alkanes of at least 4 members (excludes halogenated alkanes) is 23. The summed E-state index contributed by atoms with van der Waals surface area (Å²) in [5, 5.41) is 0. The van der Waals surface area contributed by atoms with Crippen LogP contribution in [0.25, 0.3) is 0 Å². The highest BCUT2D eigenvalue weighted by molar-refractivity contribution is 7.47. The normalized spacial score (nSPS) is 13.8. The van der Waals surface area contributed by atoms with E-state index in [1.807, 2.05) is 6.08 Å². The fourth-order valence-electron chi connectivity index (χ4n) is 5.49. The van der Waals surface area contributed by atoms with Crippen molar-refractivity contribution in [2.45, 2.75) is 193 Å². The Morgan fingerprint density at radius 1 is 0.625 bits per heavy atom. The molecule has 0 bridgehead atoms. The molecule has 0 saturated carbocycles. The van der Waals surface area contributed by atoms with Crippen LogP contribution in [0.15, 0.2) is 24.5 Å². The van der Waals surface area contributed by atoms with Gasteiger partial charge in [0.05, 0.1) is 19.5 Å². The Hall–Kier alpha value is -1.18. The molecule has 0 heterocycles. The van der Waals surface area contributed by atoms with Crippen LogP contribution >= 0.6 is 7.82 Å². The van der Waals surface area contributed by atoms with E-state index in [-0.39, 0.29) is 32.3 Å². The summed E-state index contributed by atoms with van der Waals surface area (Å²) >= 11 is 0. The Morgan fingerprint density at radius 2 is 1.06 bits per heavy atom. The Morgan fingerprint density at radius 3 is 1.54 bits per heavy atom. The number of ether oxygens (including phenoxy) is 2. The largest absolute Gasteiger partial charge is 0.498 e. The number of allylic oxidation sites excluding steroid dienone is 3. The van der Waals surface area contributed by atoms with Gasteiger partial charge in [-0.25, -0.2) is 4.57 Å². The number of carbonyl (C=O) groups is 1. The quantitative estimate of drug-likeness (QED) is 0.0215. The van der Waals surface area contributed by atoms with Crippen LogP contribution < -0.4 is 5.73 Å². The Kier molecular flexibility index (Phi) is 36.2. The fourth-order valence-corrected chi connectivity index (χ4v) is 6.25. The number of carbonyl (C=O) groups excluding carboxylic acids is 1. The Bertz CT molecular complexity index is 792. The van der Waals surface area contributed by atoms with Gasteiger partial charge in [0.1, 0.15) is 6.61 Å². The number of hydrogen-bond acceptors (Lipinski definition) is 7.